The number of carbonyl (C=O) groups excluding carboxylic acids is 1. The quantitative estimate of drug-likeness (QED) is 0.771. The Labute approximate surface area is 148 Å². The van der Waals surface area contributed by atoms with Gasteiger partial charge in [0.1, 0.15) is 17.5 Å². The van der Waals surface area contributed by atoms with Crippen molar-refractivity contribution in [2.75, 3.05) is 13.7 Å². The van der Waals surface area contributed by atoms with Crippen LogP contribution in [0.1, 0.15) is 30.2 Å². The summed E-state index contributed by atoms with van der Waals surface area (Å²) in [6, 6.07) is 4.46. The summed E-state index contributed by atoms with van der Waals surface area (Å²) in [5.74, 6) is 0.402. The number of methoxy groups -OCH3 is 1. The van der Waals surface area contributed by atoms with Gasteiger partial charge in [0.15, 0.2) is 0 Å². The second-order valence-electron chi connectivity index (χ2n) is 6.18. The molecule has 1 aliphatic heterocycles. The smallest absolute Gasteiger partial charge is 0.416 e. The molecule has 0 amide bonds. The predicted octanol–water partition coefficient (Wildman–Crippen LogP) is 3.67. The molecule has 140 valence electrons. The third-order valence-corrected chi connectivity index (χ3v) is 4.64. The monoisotopic (exact) mass is 368 g/mol. The van der Waals surface area contributed by atoms with Gasteiger partial charge in [-0.2, -0.15) is 13.2 Å². The predicted molar refractivity (Wildman–Crippen MR) is 87.2 cm³/mol. The molecule has 0 aliphatic carbocycles. The molecule has 0 unspecified atom stereocenters. The van der Waals surface area contributed by atoms with Gasteiger partial charge in [0, 0.05) is 30.6 Å². The van der Waals surface area contributed by atoms with Gasteiger partial charge in [0.2, 0.25) is 0 Å². The number of alkyl halides is 3. The van der Waals surface area contributed by atoms with Crippen molar-refractivity contribution in [3.8, 4) is 11.3 Å². The number of ether oxygens (including phenoxy) is 1. The standard InChI is InChI=1S/C18H19F3N2O3/c1-3-14(17(24)25-2)23-9-8-15-13(10-23)16(22-26-15)11-4-6-12(7-5-11)18(19,20)21/h4-7,14H,3,8-10H2,1-2H3/t14-/m0/s1. The Morgan fingerprint density at radius 2 is 2.04 bits per heavy atom. The Bertz CT molecular complexity index is 784. The van der Waals surface area contributed by atoms with Crippen LogP contribution in [0.3, 0.4) is 0 Å². The molecule has 0 N–H and O–H groups in total. The molecule has 1 aromatic carbocycles. The molecule has 1 atom stereocenters. The fourth-order valence-electron chi connectivity index (χ4n) is 3.25. The first-order valence-electron chi connectivity index (χ1n) is 8.32. The summed E-state index contributed by atoms with van der Waals surface area (Å²) in [7, 11) is 1.35. The highest BCUT2D eigenvalue weighted by Gasteiger charge is 2.33. The second-order valence-corrected chi connectivity index (χ2v) is 6.18. The molecule has 1 aliphatic rings. The minimum atomic E-state index is -4.38. The lowest BCUT2D eigenvalue weighted by molar-refractivity contribution is -0.147. The van der Waals surface area contributed by atoms with Crippen LogP contribution < -0.4 is 0 Å². The van der Waals surface area contributed by atoms with E-state index in [4.69, 9.17) is 9.26 Å². The van der Waals surface area contributed by atoms with Crippen LogP contribution in [0.15, 0.2) is 28.8 Å². The number of esters is 1. The molecule has 0 saturated heterocycles. The number of carbonyl (C=O) groups is 1. The highest BCUT2D eigenvalue weighted by molar-refractivity contribution is 5.75. The van der Waals surface area contributed by atoms with Gasteiger partial charge < -0.3 is 9.26 Å². The molecule has 8 heteroatoms. The zero-order chi connectivity index (χ0) is 18.9. The maximum absolute atomic E-state index is 12.7. The third kappa shape index (κ3) is 3.46. The van der Waals surface area contributed by atoms with E-state index < -0.39 is 11.7 Å². The zero-order valence-corrected chi connectivity index (χ0v) is 14.5. The number of nitrogens with zero attached hydrogens (tertiary/aromatic N) is 2. The Kier molecular flexibility index (Phi) is 5.04. The second kappa shape index (κ2) is 7.11. The largest absolute Gasteiger partial charge is 0.468 e. The summed E-state index contributed by atoms with van der Waals surface area (Å²) in [6.07, 6.45) is -3.20. The number of halogens is 3. The normalized spacial score (nSPS) is 16.2. The molecular weight excluding hydrogens is 349 g/mol. The van der Waals surface area contributed by atoms with Crippen LogP contribution >= 0.6 is 0 Å². The minimum absolute atomic E-state index is 0.302. The van der Waals surface area contributed by atoms with E-state index >= 15 is 0 Å². The Balaban J connectivity index is 1.88. The van der Waals surface area contributed by atoms with Gasteiger partial charge >= 0.3 is 12.1 Å². The molecule has 0 bridgehead atoms. The van der Waals surface area contributed by atoms with Crippen LogP contribution in [0.2, 0.25) is 0 Å². The van der Waals surface area contributed by atoms with Gasteiger partial charge in [-0.15, -0.1) is 0 Å². The molecule has 0 saturated carbocycles. The molecule has 3 rings (SSSR count). The fourth-order valence-corrected chi connectivity index (χ4v) is 3.25. The van der Waals surface area contributed by atoms with E-state index in [1.54, 1.807) is 0 Å². The van der Waals surface area contributed by atoms with Crippen molar-refractivity contribution in [2.24, 2.45) is 0 Å². The molecule has 2 aromatic rings. The number of aromatic nitrogens is 1. The molecule has 0 fully saturated rings. The molecule has 0 radical (unpaired) electrons. The lowest BCUT2D eigenvalue weighted by Gasteiger charge is -2.31. The van der Waals surface area contributed by atoms with Crippen molar-refractivity contribution in [3.63, 3.8) is 0 Å². The Morgan fingerprint density at radius 1 is 1.35 bits per heavy atom. The third-order valence-electron chi connectivity index (χ3n) is 4.64. The van der Waals surface area contributed by atoms with E-state index in [1.807, 2.05) is 11.8 Å². The lowest BCUT2D eigenvalue weighted by atomic mass is 9.99. The lowest BCUT2D eigenvalue weighted by Crippen LogP contribution is -2.44. The zero-order valence-electron chi connectivity index (χ0n) is 14.5. The summed E-state index contributed by atoms with van der Waals surface area (Å²) in [5.41, 5.74) is 1.16. The van der Waals surface area contributed by atoms with Crippen molar-refractivity contribution < 1.29 is 27.2 Å². The first-order chi connectivity index (χ1) is 12.3. The average Bonchev–Trinajstić information content (AvgIpc) is 3.05. The van der Waals surface area contributed by atoms with Crippen molar-refractivity contribution >= 4 is 5.97 Å². The molecule has 26 heavy (non-hydrogen) atoms. The summed E-state index contributed by atoms with van der Waals surface area (Å²) >= 11 is 0. The highest BCUT2D eigenvalue weighted by Crippen LogP contribution is 2.34. The number of hydrogen-bond acceptors (Lipinski definition) is 5. The average molecular weight is 368 g/mol. The van der Waals surface area contributed by atoms with Gasteiger partial charge in [-0.1, -0.05) is 24.2 Å². The van der Waals surface area contributed by atoms with Gasteiger partial charge in [-0.05, 0) is 18.6 Å². The topological polar surface area (TPSA) is 55.6 Å². The van der Waals surface area contributed by atoms with Gasteiger partial charge in [0.05, 0.1) is 12.7 Å². The van der Waals surface area contributed by atoms with Crippen LogP contribution in [0.4, 0.5) is 13.2 Å². The SMILES string of the molecule is CC[C@@H](C(=O)OC)N1CCc2onc(-c3ccc(C(F)(F)F)cc3)c2C1. The number of rotatable bonds is 4. The minimum Gasteiger partial charge on any atom is -0.468 e. The number of hydrogen-bond donors (Lipinski definition) is 0. The molecule has 2 heterocycles. The Morgan fingerprint density at radius 3 is 2.62 bits per heavy atom. The maximum Gasteiger partial charge on any atom is 0.416 e. The van der Waals surface area contributed by atoms with Crippen molar-refractivity contribution in [3.05, 3.63) is 41.2 Å². The van der Waals surface area contributed by atoms with Crippen LogP contribution in [-0.4, -0.2) is 35.7 Å². The van der Waals surface area contributed by atoms with E-state index in [2.05, 4.69) is 5.16 Å². The van der Waals surface area contributed by atoms with Crippen molar-refractivity contribution in [1.82, 2.24) is 10.1 Å². The van der Waals surface area contributed by atoms with E-state index in [1.165, 1.54) is 19.2 Å². The Hall–Kier alpha value is -2.35. The summed E-state index contributed by atoms with van der Waals surface area (Å²) in [6.45, 7) is 2.96. The number of fused-ring (bicyclic) bond motifs is 1. The summed E-state index contributed by atoms with van der Waals surface area (Å²) in [4.78, 5) is 14.0. The van der Waals surface area contributed by atoms with E-state index in [0.717, 1.165) is 17.7 Å². The van der Waals surface area contributed by atoms with Gasteiger partial charge in [0.25, 0.3) is 0 Å². The van der Waals surface area contributed by atoms with Gasteiger partial charge in [-0.25, -0.2) is 0 Å². The van der Waals surface area contributed by atoms with Crippen molar-refractivity contribution in [2.45, 2.75) is 38.5 Å². The molecule has 0 spiro atoms. The van der Waals surface area contributed by atoms with Crippen LogP contribution in [0.5, 0.6) is 0 Å². The molecule has 5 nitrogen and oxygen atoms in total. The summed E-state index contributed by atoms with van der Waals surface area (Å²) in [5, 5.41) is 4.05. The first kappa shape index (κ1) is 18.4. The summed E-state index contributed by atoms with van der Waals surface area (Å²) < 4.78 is 48.4. The van der Waals surface area contributed by atoms with Gasteiger partial charge in [-0.3, -0.25) is 9.69 Å². The van der Waals surface area contributed by atoms with Crippen molar-refractivity contribution in [1.29, 1.82) is 0 Å². The molecule has 1 aromatic heterocycles. The highest BCUT2D eigenvalue weighted by atomic mass is 19.4. The number of benzene rings is 1. The first-order valence-corrected chi connectivity index (χ1v) is 8.32. The van der Waals surface area contributed by atoms with E-state index in [9.17, 15) is 18.0 Å². The van der Waals surface area contributed by atoms with E-state index in [-0.39, 0.29) is 12.0 Å². The van der Waals surface area contributed by atoms with Crippen LogP contribution in [0.25, 0.3) is 11.3 Å². The maximum atomic E-state index is 12.7. The molecular formula is C18H19F3N2O3. The van der Waals surface area contributed by atoms with Crippen LogP contribution in [0, 0.1) is 0 Å². The van der Waals surface area contributed by atoms with E-state index in [0.29, 0.717) is 42.9 Å². The fraction of sp³-hybridized carbons (Fsp3) is 0.444. The van der Waals surface area contributed by atoms with Crippen LogP contribution in [-0.2, 0) is 28.7 Å².